The fraction of sp³-hybridized carbons (Fsp3) is 1.00. The maximum atomic E-state index is 10.5. The van der Waals surface area contributed by atoms with E-state index in [-0.39, 0.29) is 6.10 Å². The maximum absolute atomic E-state index is 10.5. The monoisotopic (exact) mass is 412 g/mol. The minimum absolute atomic E-state index is 0.173. The topological polar surface area (TPSA) is 59.6 Å². The molecule has 0 saturated carbocycles. The number of nitrogens with zero attached hydrogens (tertiary/aromatic N) is 1. The number of hydrogen-bond donors (Lipinski definition) is 4. The minimum atomic E-state index is -0.173. The predicted octanol–water partition coefficient (Wildman–Crippen LogP) is 3.52. The highest BCUT2D eigenvalue weighted by molar-refractivity contribution is 4.69. The average molecular weight is 413 g/mol. The summed E-state index contributed by atoms with van der Waals surface area (Å²) in [5.41, 5.74) is 0. The second-order valence-electron chi connectivity index (χ2n) is 8.88. The second kappa shape index (κ2) is 21.0. The quantitative estimate of drug-likeness (QED) is 0.310. The summed E-state index contributed by atoms with van der Waals surface area (Å²) in [6, 6.07) is 0. The summed E-state index contributed by atoms with van der Waals surface area (Å²) in [6.45, 7) is 11.3. The van der Waals surface area contributed by atoms with Gasteiger partial charge in [0, 0.05) is 58.9 Å². The van der Waals surface area contributed by atoms with Crippen LogP contribution in [-0.2, 0) is 0 Å². The molecule has 0 amide bonds. The van der Waals surface area contributed by atoms with E-state index < -0.39 is 0 Å². The zero-order valence-electron chi connectivity index (χ0n) is 19.5. The van der Waals surface area contributed by atoms with E-state index in [1.165, 1.54) is 77.0 Å². The standard InChI is InChI=1S/C24H52N4O/c1-2-3-4-5-6-7-8-9-10-11-12-13-14-24(29)23-28-21-19-26-17-15-25-16-18-27-20-22-28/h24-27,29H,2-23H2,1H3. The number of aliphatic hydroxyl groups excluding tert-OH is 1. The van der Waals surface area contributed by atoms with Crippen molar-refractivity contribution in [1.82, 2.24) is 20.9 Å². The molecule has 0 aromatic carbocycles. The molecule has 1 fully saturated rings. The largest absolute Gasteiger partial charge is 0.392 e. The minimum Gasteiger partial charge on any atom is -0.392 e. The average Bonchev–Trinajstić information content (AvgIpc) is 2.71. The first kappa shape index (κ1) is 26.8. The molecular weight excluding hydrogens is 360 g/mol. The normalized spacial score (nSPS) is 18.8. The second-order valence-corrected chi connectivity index (χ2v) is 8.88. The lowest BCUT2D eigenvalue weighted by atomic mass is 10.0. The summed E-state index contributed by atoms with van der Waals surface area (Å²) in [5.74, 6) is 0. The van der Waals surface area contributed by atoms with Gasteiger partial charge in [-0.2, -0.15) is 0 Å². The third kappa shape index (κ3) is 18.3. The van der Waals surface area contributed by atoms with Gasteiger partial charge < -0.3 is 21.1 Å². The van der Waals surface area contributed by atoms with Gasteiger partial charge in [0.1, 0.15) is 0 Å². The molecule has 5 heteroatoms. The lowest BCUT2D eigenvalue weighted by Gasteiger charge is -2.26. The van der Waals surface area contributed by atoms with Crippen LogP contribution in [0.2, 0.25) is 0 Å². The van der Waals surface area contributed by atoms with Crippen LogP contribution in [0, 0.1) is 0 Å². The molecule has 1 atom stereocenters. The van der Waals surface area contributed by atoms with Crippen molar-refractivity contribution in [3.8, 4) is 0 Å². The van der Waals surface area contributed by atoms with Crippen LogP contribution in [0.5, 0.6) is 0 Å². The van der Waals surface area contributed by atoms with Crippen LogP contribution in [0.25, 0.3) is 0 Å². The van der Waals surface area contributed by atoms with Gasteiger partial charge in [0.25, 0.3) is 0 Å². The predicted molar refractivity (Wildman–Crippen MR) is 127 cm³/mol. The van der Waals surface area contributed by atoms with Gasteiger partial charge in [-0.15, -0.1) is 0 Å². The van der Waals surface area contributed by atoms with E-state index in [0.29, 0.717) is 0 Å². The fourth-order valence-electron chi connectivity index (χ4n) is 4.11. The van der Waals surface area contributed by atoms with Crippen molar-refractivity contribution in [3.63, 3.8) is 0 Å². The lowest BCUT2D eigenvalue weighted by molar-refractivity contribution is 0.103. The molecule has 1 unspecified atom stereocenters. The molecular formula is C24H52N4O. The first-order valence-corrected chi connectivity index (χ1v) is 12.9. The number of β-amino-alcohol motifs (C(OH)–C–C–N with tert-alkyl or cyclic N) is 1. The summed E-state index contributed by atoms with van der Waals surface area (Å²) < 4.78 is 0. The van der Waals surface area contributed by atoms with Gasteiger partial charge in [-0.3, -0.25) is 4.90 Å². The Labute approximate surface area is 181 Å². The van der Waals surface area contributed by atoms with Gasteiger partial charge in [-0.25, -0.2) is 0 Å². The molecule has 5 nitrogen and oxygen atoms in total. The summed E-state index contributed by atoms with van der Waals surface area (Å²) >= 11 is 0. The molecule has 0 aromatic heterocycles. The molecule has 0 aliphatic carbocycles. The van der Waals surface area contributed by atoms with Gasteiger partial charge in [-0.1, -0.05) is 84.0 Å². The Morgan fingerprint density at radius 2 is 1.03 bits per heavy atom. The maximum Gasteiger partial charge on any atom is 0.0667 e. The Morgan fingerprint density at radius 3 is 1.52 bits per heavy atom. The van der Waals surface area contributed by atoms with Crippen molar-refractivity contribution in [2.45, 2.75) is 96.5 Å². The summed E-state index contributed by atoms with van der Waals surface area (Å²) in [7, 11) is 0. The Hall–Kier alpha value is -0.200. The van der Waals surface area contributed by atoms with Crippen molar-refractivity contribution in [2.24, 2.45) is 0 Å². The highest BCUT2D eigenvalue weighted by Gasteiger charge is 2.11. The smallest absolute Gasteiger partial charge is 0.0667 e. The van der Waals surface area contributed by atoms with E-state index in [0.717, 1.165) is 65.3 Å². The Kier molecular flexibility index (Phi) is 19.5. The number of unbranched alkanes of at least 4 members (excludes halogenated alkanes) is 11. The fourth-order valence-corrected chi connectivity index (χ4v) is 4.11. The van der Waals surface area contributed by atoms with Gasteiger partial charge in [0.05, 0.1) is 6.10 Å². The summed E-state index contributed by atoms with van der Waals surface area (Å²) in [5, 5.41) is 20.9. The summed E-state index contributed by atoms with van der Waals surface area (Å²) in [4.78, 5) is 2.42. The SMILES string of the molecule is CCCCCCCCCCCCCCC(O)CN1CCNCCNCCNCC1. The van der Waals surface area contributed by atoms with E-state index in [2.05, 4.69) is 27.8 Å². The van der Waals surface area contributed by atoms with Crippen LogP contribution in [0.1, 0.15) is 90.4 Å². The molecule has 1 saturated heterocycles. The molecule has 1 heterocycles. The molecule has 1 rings (SSSR count). The molecule has 174 valence electrons. The lowest BCUT2D eigenvalue weighted by Crippen LogP contribution is -2.44. The van der Waals surface area contributed by atoms with Crippen LogP contribution in [0.3, 0.4) is 0 Å². The van der Waals surface area contributed by atoms with Gasteiger partial charge >= 0.3 is 0 Å². The van der Waals surface area contributed by atoms with E-state index in [1.54, 1.807) is 0 Å². The zero-order valence-corrected chi connectivity index (χ0v) is 19.5. The van der Waals surface area contributed by atoms with Crippen LogP contribution in [-0.4, -0.2) is 75.0 Å². The van der Waals surface area contributed by atoms with Gasteiger partial charge in [0.2, 0.25) is 0 Å². The third-order valence-electron chi connectivity index (χ3n) is 6.03. The van der Waals surface area contributed by atoms with Crippen molar-refractivity contribution < 1.29 is 5.11 Å². The van der Waals surface area contributed by atoms with Crippen LogP contribution >= 0.6 is 0 Å². The Morgan fingerprint density at radius 1 is 0.621 bits per heavy atom. The first-order valence-electron chi connectivity index (χ1n) is 12.9. The Balaban J connectivity index is 1.96. The highest BCUT2D eigenvalue weighted by atomic mass is 16.3. The third-order valence-corrected chi connectivity index (χ3v) is 6.03. The highest BCUT2D eigenvalue weighted by Crippen LogP contribution is 2.13. The van der Waals surface area contributed by atoms with Gasteiger partial charge in [0.15, 0.2) is 0 Å². The molecule has 0 radical (unpaired) electrons. The Bertz CT molecular complexity index is 318. The van der Waals surface area contributed by atoms with E-state index in [1.807, 2.05) is 0 Å². The molecule has 29 heavy (non-hydrogen) atoms. The van der Waals surface area contributed by atoms with Crippen LogP contribution in [0.4, 0.5) is 0 Å². The van der Waals surface area contributed by atoms with Gasteiger partial charge in [-0.05, 0) is 6.42 Å². The van der Waals surface area contributed by atoms with Crippen molar-refractivity contribution in [1.29, 1.82) is 0 Å². The number of aliphatic hydroxyl groups is 1. The van der Waals surface area contributed by atoms with Crippen LogP contribution < -0.4 is 16.0 Å². The number of hydrogen-bond acceptors (Lipinski definition) is 5. The van der Waals surface area contributed by atoms with E-state index >= 15 is 0 Å². The number of nitrogens with one attached hydrogen (secondary N) is 3. The molecule has 0 bridgehead atoms. The van der Waals surface area contributed by atoms with Crippen molar-refractivity contribution >= 4 is 0 Å². The zero-order chi connectivity index (χ0) is 20.8. The molecule has 0 aromatic rings. The summed E-state index contributed by atoms with van der Waals surface area (Å²) in [6.07, 6.45) is 17.3. The molecule has 1 aliphatic heterocycles. The molecule has 0 spiro atoms. The number of rotatable bonds is 15. The van der Waals surface area contributed by atoms with Crippen molar-refractivity contribution in [2.75, 3.05) is 58.9 Å². The van der Waals surface area contributed by atoms with E-state index in [9.17, 15) is 5.11 Å². The first-order chi connectivity index (χ1) is 14.3. The van der Waals surface area contributed by atoms with Crippen molar-refractivity contribution in [3.05, 3.63) is 0 Å². The molecule has 4 N–H and O–H groups in total. The molecule has 1 aliphatic rings. The van der Waals surface area contributed by atoms with Crippen LogP contribution in [0.15, 0.2) is 0 Å². The van der Waals surface area contributed by atoms with E-state index in [4.69, 9.17) is 0 Å².